The maximum absolute atomic E-state index is 11.1. The molecule has 0 bridgehead atoms. The van der Waals surface area contributed by atoms with Gasteiger partial charge in [-0.25, -0.2) is 0 Å². The van der Waals surface area contributed by atoms with E-state index >= 15 is 0 Å². The summed E-state index contributed by atoms with van der Waals surface area (Å²) in [6.07, 6.45) is 1.51. The topological polar surface area (TPSA) is 76.2 Å². The molecule has 0 spiro atoms. The first-order valence-electron chi connectivity index (χ1n) is 3.94. The molecular weight excluding hydrogens is 236 g/mol. The van der Waals surface area contributed by atoms with Crippen LogP contribution in [0, 0.1) is 0 Å². The van der Waals surface area contributed by atoms with Crippen LogP contribution in [0.5, 0.6) is 0 Å². The first kappa shape index (κ1) is 13.8. The van der Waals surface area contributed by atoms with Crippen molar-refractivity contribution in [3.8, 4) is 0 Å². The average molecular weight is 247 g/mol. The molecule has 15 heavy (non-hydrogen) atoms. The van der Waals surface area contributed by atoms with E-state index in [0.717, 1.165) is 0 Å². The molecule has 1 rings (SSSR count). The molecule has 1 heterocycles. The normalized spacial score (nSPS) is 13.4. The molecule has 0 aliphatic carbocycles. The minimum Gasteiger partial charge on any atom is -0.480 e. The number of rotatable bonds is 3. The van der Waals surface area contributed by atoms with Crippen LogP contribution in [0.25, 0.3) is 0 Å². The Hall–Kier alpha value is -1.20. The van der Waals surface area contributed by atoms with Gasteiger partial charge in [-0.2, -0.15) is 0 Å². The van der Waals surface area contributed by atoms with Gasteiger partial charge in [-0.15, -0.1) is 12.4 Å². The van der Waals surface area contributed by atoms with Gasteiger partial charge in [0.05, 0.1) is 10.7 Å². The third kappa shape index (κ3) is 2.43. The molecule has 0 aromatic carbocycles. The Balaban J connectivity index is 0.00000196. The number of hydrogen-bond donors (Lipinski definition) is 2. The van der Waals surface area contributed by atoms with Crippen molar-refractivity contribution in [1.82, 2.24) is 4.98 Å². The van der Waals surface area contributed by atoms with Gasteiger partial charge in [0.25, 0.3) is 0 Å². The van der Waals surface area contributed by atoms with Gasteiger partial charge in [-0.1, -0.05) is 18.3 Å². The van der Waals surface area contributed by atoms with Crippen molar-refractivity contribution in [3.05, 3.63) is 30.1 Å². The van der Waals surface area contributed by atoms with Crippen molar-refractivity contribution >= 4 is 35.6 Å². The van der Waals surface area contributed by atoms with Crippen LogP contribution >= 0.6 is 24.6 Å². The van der Waals surface area contributed by atoms with Gasteiger partial charge in [-0.3, -0.25) is 9.78 Å². The summed E-state index contributed by atoms with van der Waals surface area (Å²) in [7, 11) is 0. The maximum Gasteiger partial charge on any atom is 0.322 e. The Kier molecular flexibility index (Phi) is 4.64. The number of aliphatic carboxylic acids is 1. The molecule has 0 saturated heterocycles. The largest absolute Gasteiger partial charge is 0.480 e. The third-order valence-corrected chi connectivity index (χ3v) is 2.51. The highest BCUT2D eigenvalue weighted by Crippen LogP contribution is 2.22. The van der Waals surface area contributed by atoms with Crippen LogP contribution in [0.1, 0.15) is 12.6 Å². The Labute approximate surface area is 98.9 Å². The van der Waals surface area contributed by atoms with Crippen molar-refractivity contribution in [3.63, 3.8) is 0 Å². The van der Waals surface area contributed by atoms with Crippen molar-refractivity contribution < 1.29 is 9.90 Å². The minimum absolute atomic E-state index is 0. The Morgan fingerprint density at radius 1 is 1.60 bits per heavy atom. The number of nitrogens with two attached hydrogens (primary N) is 1. The zero-order valence-electron chi connectivity index (χ0n) is 8.01. The number of carboxylic acids is 1. The first-order valence-corrected chi connectivity index (χ1v) is 4.35. The van der Waals surface area contributed by atoms with Crippen molar-refractivity contribution in [2.75, 3.05) is 0 Å². The average Bonchev–Trinajstić information content (AvgIpc) is 2.17. The molecule has 3 N–H and O–H groups in total. The molecular formula is C9H11ClN2O2S. The zero-order chi connectivity index (χ0) is 10.8. The van der Waals surface area contributed by atoms with Crippen molar-refractivity contribution in [1.29, 1.82) is 0 Å². The van der Waals surface area contributed by atoms with E-state index in [1.54, 1.807) is 18.2 Å². The van der Waals surface area contributed by atoms with E-state index in [1.807, 2.05) is 0 Å². The Bertz CT molecular complexity index is 356. The second kappa shape index (κ2) is 5.04. The fourth-order valence-electron chi connectivity index (χ4n) is 1.000. The molecule has 0 radical (unpaired) electrons. The number of pyridine rings is 1. The lowest BCUT2D eigenvalue weighted by atomic mass is 9.86. The third-order valence-electron chi connectivity index (χ3n) is 2.10. The Morgan fingerprint density at radius 3 is 2.53 bits per heavy atom. The molecule has 6 heteroatoms. The monoisotopic (exact) mass is 246 g/mol. The molecule has 4 nitrogen and oxygen atoms in total. The first-order chi connectivity index (χ1) is 6.49. The van der Waals surface area contributed by atoms with Crippen LogP contribution in [-0.4, -0.2) is 21.0 Å². The second-order valence-electron chi connectivity index (χ2n) is 3.01. The summed E-state index contributed by atoms with van der Waals surface area (Å²) in [5.41, 5.74) is 4.37. The molecule has 1 aromatic rings. The van der Waals surface area contributed by atoms with Crippen LogP contribution in [-0.2, 0) is 10.2 Å². The second-order valence-corrected chi connectivity index (χ2v) is 3.45. The van der Waals surface area contributed by atoms with Gasteiger partial charge in [-0.05, 0) is 19.1 Å². The molecule has 0 aliphatic heterocycles. The van der Waals surface area contributed by atoms with E-state index in [1.165, 1.54) is 13.1 Å². The standard InChI is InChI=1S/C9H10N2O2S.ClH/c1-9(7(10)14,8(12)13)6-4-2-3-5-11-6;/h2-5H,1H3,(H2,10,14)(H,12,13);1H. The summed E-state index contributed by atoms with van der Waals surface area (Å²) in [6.45, 7) is 1.44. The summed E-state index contributed by atoms with van der Waals surface area (Å²) in [4.78, 5) is 14.9. The fraction of sp³-hybridized carbons (Fsp3) is 0.222. The number of thiocarbonyl (C=S) groups is 1. The number of carbonyl (C=O) groups is 1. The van der Waals surface area contributed by atoms with Crippen LogP contribution in [0.15, 0.2) is 24.4 Å². The van der Waals surface area contributed by atoms with E-state index in [9.17, 15) is 4.79 Å². The minimum atomic E-state index is -1.39. The van der Waals surface area contributed by atoms with Crippen LogP contribution in [0.3, 0.4) is 0 Å². The van der Waals surface area contributed by atoms with Gasteiger partial charge >= 0.3 is 5.97 Å². The number of aromatic nitrogens is 1. The van der Waals surface area contributed by atoms with Crippen LogP contribution in [0.4, 0.5) is 0 Å². The smallest absolute Gasteiger partial charge is 0.322 e. The van der Waals surface area contributed by atoms with Crippen molar-refractivity contribution in [2.24, 2.45) is 5.73 Å². The van der Waals surface area contributed by atoms with E-state index in [2.05, 4.69) is 4.98 Å². The van der Waals surface area contributed by atoms with Crippen LogP contribution in [0.2, 0.25) is 0 Å². The van der Waals surface area contributed by atoms with Crippen LogP contribution < -0.4 is 5.73 Å². The molecule has 1 aromatic heterocycles. The number of carboxylic acid groups (broad SMARTS) is 1. The lowest BCUT2D eigenvalue weighted by Crippen LogP contribution is -2.44. The summed E-state index contributed by atoms with van der Waals surface area (Å²) in [6, 6.07) is 4.99. The zero-order valence-corrected chi connectivity index (χ0v) is 9.64. The van der Waals surface area contributed by atoms with Gasteiger partial charge in [0.15, 0.2) is 5.41 Å². The molecule has 0 saturated carbocycles. The molecule has 1 unspecified atom stereocenters. The quantitative estimate of drug-likeness (QED) is 0.782. The summed E-state index contributed by atoms with van der Waals surface area (Å²) < 4.78 is 0. The lowest BCUT2D eigenvalue weighted by Gasteiger charge is -2.22. The number of nitrogens with zero attached hydrogens (tertiary/aromatic N) is 1. The van der Waals surface area contributed by atoms with Gasteiger partial charge < -0.3 is 10.8 Å². The Morgan fingerprint density at radius 2 is 2.20 bits per heavy atom. The summed E-state index contributed by atoms with van der Waals surface area (Å²) in [5.74, 6) is -1.09. The maximum atomic E-state index is 11.1. The molecule has 0 fully saturated rings. The van der Waals surface area contributed by atoms with E-state index < -0.39 is 11.4 Å². The molecule has 0 amide bonds. The van der Waals surface area contributed by atoms with Gasteiger partial charge in [0.1, 0.15) is 0 Å². The fourth-order valence-corrected chi connectivity index (χ4v) is 1.19. The van der Waals surface area contributed by atoms with Gasteiger partial charge in [0.2, 0.25) is 0 Å². The highest BCUT2D eigenvalue weighted by atomic mass is 35.5. The highest BCUT2D eigenvalue weighted by Gasteiger charge is 2.39. The van der Waals surface area contributed by atoms with E-state index in [0.29, 0.717) is 5.69 Å². The van der Waals surface area contributed by atoms with Crippen molar-refractivity contribution in [2.45, 2.75) is 12.3 Å². The number of hydrogen-bond acceptors (Lipinski definition) is 3. The van der Waals surface area contributed by atoms with E-state index in [4.69, 9.17) is 23.1 Å². The molecule has 82 valence electrons. The summed E-state index contributed by atoms with van der Waals surface area (Å²) >= 11 is 4.75. The molecule has 0 aliphatic rings. The number of halogens is 1. The lowest BCUT2D eigenvalue weighted by molar-refractivity contribution is -0.140. The highest BCUT2D eigenvalue weighted by molar-refractivity contribution is 7.80. The SMILES string of the molecule is CC(C(=O)O)(C(N)=S)c1ccccn1.Cl. The van der Waals surface area contributed by atoms with E-state index in [-0.39, 0.29) is 17.4 Å². The van der Waals surface area contributed by atoms with Gasteiger partial charge in [0, 0.05) is 6.20 Å². The summed E-state index contributed by atoms with van der Waals surface area (Å²) in [5, 5.41) is 9.05. The molecule has 1 atom stereocenters. The predicted octanol–water partition coefficient (Wildman–Crippen LogP) is 1.13. The predicted molar refractivity (Wildman–Crippen MR) is 63.3 cm³/mol.